The standard InChI is InChI=1S/C24H29N3O3S/c1-5-27(20-8-6-7-17(2)13-20)12-11-25-23(28)15-19-16-31-24(26-19)18-9-10-21(29-3)22(14-18)30-4/h6-10,13-14,16H,5,11-12,15H2,1-4H3,(H,25,28). The SMILES string of the molecule is CCN(CCNC(=O)Cc1csc(-c2ccc(OC)c(OC)c2)n1)c1cccc(C)c1. The maximum atomic E-state index is 12.4. The molecule has 0 spiro atoms. The molecule has 6 nitrogen and oxygen atoms in total. The monoisotopic (exact) mass is 439 g/mol. The quantitative estimate of drug-likeness (QED) is 0.510. The highest BCUT2D eigenvalue weighted by Gasteiger charge is 2.12. The Morgan fingerprint density at radius 1 is 1.13 bits per heavy atom. The van der Waals surface area contributed by atoms with Crippen LogP contribution >= 0.6 is 11.3 Å². The van der Waals surface area contributed by atoms with Crippen LogP contribution in [0.3, 0.4) is 0 Å². The van der Waals surface area contributed by atoms with Crippen LogP contribution in [-0.2, 0) is 11.2 Å². The fourth-order valence-electron chi connectivity index (χ4n) is 3.34. The number of methoxy groups -OCH3 is 2. The molecule has 0 saturated heterocycles. The third-order valence-electron chi connectivity index (χ3n) is 4.98. The average molecular weight is 440 g/mol. The summed E-state index contributed by atoms with van der Waals surface area (Å²) in [7, 11) is 3.22. The average Bonchev–Trinajstić information content (AvgIpc) is 3.24. The van der Waals surface area contributed by atoms with Crippen LogP contribution in [0.4, 0.5) is 5.69 Å². The summed E-state index contributed by atoms with van der Waals surface area (Å²) < 4.78 is 10.6. The predicted molar refractivity (Wildman–Crippen MR) is 126 cm³/mol. The van der Waals surface area contributed by atoms with Gasteiger partial charge in [0, 0.05) is 36.3 Å². The van der Waals surface area contributed by atoms with E-state index in [0.717, 1.165) is 29.4 Å². The number of ether oxygens (including phenoxy) is 2. The second-order valence-electron chi connectivity index (χ2n) is 7.16. The smallest absolute Gasteiger partial charge is 0.226 e. The first-order chi connectivity index (χ1) is 15.0. The van der Waals surface area contributed by atoms with Gasteiger partial charge in [-0.3, -0.25) is 4.79 Å². The molecule has 2 aromatic carbocycles. The van der Waals surface area contributed by atoms with Crippen LogP contribution in [0, 0.1) is 6.92 Å². The number of amides is 1. The number of aromatic nitrogens is 1. The molecule has 1 N–H and O–H groups in total. The Kier molecular flexibility index (Phi) is 7.89. The van der Waals surface area contributed by atoms with E-state index in [1.165, 1.54) is 22.6 Å². The van der Waals surface area contributed by atoms with Crippen molar-refractivity contribution in [3.8, 4) is 22.1 Å². The lowest BCUT2D eigenvalue weighted by Crippen LogP contribution is -2.35. The fourth-order valence-corrected chi connectivity index (χ4v) is 4.16. The minimum atomic E-state index is -0.0237. The summed E-state index contributed by atoms with van der Waals surface area (Å²) in [5.41, 5.74) is 4.11. The zero-order valence-electron chi connectivity index (χ0n) is 18.5. The van der Waals surface area contributed by atoms with E-state index in [1.807, 2.05) is 23.6 Å². The summed E-state index contributed by atoms with van der Waals surface area (Å²) in [6.45, 7) is 6.45. The number of rotatable bonds is 10. The lowest BCUT2D eigenvalue weighted by molar-refractivity contribution is -0.120. The number of likely N-dealkylation sites (N-methyl/N-ethyl adjacent to an activating group) is 1. The van der Waals surface area contributed by atoms with Gasteiger partial charge in [-0.15, -0.1) is 11.3 Å². The molecule has 0 aliphatic carbocycles. The maximum Gasteiger partial charge on any atom is 0.226 e. The molecule has 0 aliphatic rings. The Hall–Kier alpha value is -3.06. The largest absolute Gasteiger partial charge is 0.493 e. The molecule has 0 atom stereocenters. The van der Waals surface area contributed by atoms with Gasteiger partial charge in [0.2, 0.25) is 5.91 Å². The Morgan fingerprint density at radius 3 is 2.65 bits per heavy atom. The van der Waals surface area contributed by atoms with Gasteiger partial charge in [-0.2, -0.15) is 0 Å². The first kappa shape index (κ1) is 22.6. The van der Waals surface area contributed by atoms with E-state index in [9.17, 15) is 4.79 Å². The van der Waals surface area contributed by atoms with E-state index in [0.29, 0.717) is 18.0 Å². The number of benzene rings is 2. The van der Waals surface area contributed by atoms with Gasteiger partial charge in [-0.1, -0.05) is 12.1 Å². The molecule has 3 rings (SSSR count). The van der Waals surface area contributed by atoms with Crippen molar-refractivity contribution in [1.29, 1.82) is 0 Å². The van der Waals surface area contributed by atoms with E-state index in [2.05, 4.69) is 53.3 Å². The van der Waals surface area contributed by atoms with Crippen LogP contribution in [0.5, 0.6) is 11.5 Å². The Morgan fingerprint density at radius 2 is 1.94 bits per heavy atom. The minimum absolute atomic E-state index is 0.0237. The number of carbonyl (C=O) groups excluding carboxylic acids is 1. The van der Waals surface area contributed by atoms with Gasteiger partial charge in [-0.25, -0.2) is 4.98 Å². The molecule has 1 aromatic heterocycles. The number of nitrogens with zero attached hydrogens (tertiary/aromatic N) is 2. The fraction of sp³-hybridized carbons (Fsp3) is 0.333. The van der Waals surface area contributed by atoms with E-state index in [-0.39, 0.29) is 12.3 Å². The molecule has 1 heterocycles. The highest BCUT2D eigenvalue weighted by atomic mass is 32.1. The van der Waals surface area contributed by atoms with Crippen molar-refractivity contribution < 1.29 is 14.3 Å². The van der Waals surface area contributed by atoms with E-state index in [1.54, 1.807) is 14.2 Å². The molecule has 0 fully saturated rings. The minimum Gasteiger partial charge on any atom is -0.493 e. The van der Waals surface area contributed by atoms with Gasteiger partial charge < -0.3 is 19.7 Å². The van der Waals surface area contributed by atoms with Gasteiger partial charge in [0.1, 0.15) is 5.01 Å². The van der Waals surface area contributed by atoms with Crippen LogP contribution in [0.1, 0.15) is 18.2 Å². The maximum absolute atomic E-state index is 12.4. The van der Waals surface area contributed by atoms with Gasteiger partial charge in [0.15, 0.2) is 11.5 Å². The lowest BCUT2D eigenvalue weighted by Gasteiger charge is -2.23. The number of anilines is 1. The Bertz CT molecular complexity index is 1020. The highest BCUT2D eigenvalue weighted by molar-refractivity contribution is 7.13. The van der Waals surface area contributed by atoms with E-state index < -0.39 is 0 Å². The van der Waals surface area contributed by atoms with Crippen molar-refractivity contribution >= 4 is 22.9 Å². The molecule has 164 valence electrons. The van der Waals surface area contributed by atoms with Crippen LogP contribution in [0.15, 0.2) is 47.8 Å². The van der Waals surface area contributed by atoms with Crippen molar-refractivity contribution in [2.45, 2.75) is 20.3 Å². The zero-order valence-corrected chi connectivity index (χ0v) is 19.3. The van der Waals surface area contributed by atoms with Gasteiger partial charge in [0.05, 0.1) is 26.3 Å². The van der Waals surface area contributed by atoms with Gasteiger partial charge in [-0.05, 0) is 49.7 Å². The molecule has 31 heavy (non-hydrogen) atoms. The lowest BCUT2D eigenvalue weighted by atomic mass is 10.2. The van der Waals surface area contributed by atoms with E-state index in [4.69, 9.17) is 9.47 Å². The Balaban J connectivity index is 1.54. The number of hydrogen-bond acceptors (Lipinski definition) is 6. The van der Waals surface area contributed by atoms with Crippen molar-refractivity contribution in [3.63, 3.8) is 0 Å². The number of nitrogens with one attached hydrogen (secondary N) is 1. The van der Waals surface area contributed by atoms with E-state index >= 15 is 0 Å². The number of aryl methyl sites for hydroxylation is 1. The number of hydrogen-bond donors (Lipinski definition) is 1. The van der Waals surface area contributed by atoms with Crippen molar-refractivity contribution in [2.75, 3.05) is 38.8 Å². The third-order valence-corrected chi connectivity index (χ3v) is 5.92. The molecule has 0 bridgehead atoms. The van der Waals surface area contributed by atoms with Crippen LogP contribution in [0.25, 0.3) is 10.6 Å². The summed E-state index contributed by atoms with van der Waals surface area (Å²) in [5, 5.41) is 5.79. The third kappa shape index (κ3) is 5.98. The Labute approximate surface area is 187 Å². The molecular formula is C24H29N3O3S. The second kappa shape index (κ2) is 10.8. The predicted octanol–water partition coefficient (Wildman–Crippen LogP) is 4.32. The topological polar surface area (TPSA) is 63.7 Å². The summed E-state index contributed by atoms with van der Waals surface area (Å²) in [6, 6.07) is 14.1. The normalized spacial score (nSPS) is 10.6. The van der Waals surface area contributed by atoms with Gasteiger partial charge in [0.25, 0.3) is 0 Å². The summed E-state index contributed by atoms with van der Waals surface area (Å²) in [6.07, 6.45) is 0.264. The molecule has 0 radical (unpaired) electrons. The molecule has 0 aliphatic heterocycles. The van der Waals surface area contributed by atoms with Crippen molar-refractivity contribution in [2.24, 2.45) is 0 Å². The van der Waals surface area contributed by atoms with Crippen molar-refractivity contribution in [3.05, 3.63) is 59.1 Å². The van der Waals surface area contributed by atoms with Crippen LogP contribution < -0.4 is 19.7 Å². The number of carbonyl (C=O) groups is 1. The van der Waals surface area contributed by atoms with Crippen LogP contribution in [-0.4, -0.2) is 44.7 Å². The first-order valence-electron chi connectivity index (χ1n) is 10.3. The zero-order chi connectivity index (χ0) is 22.2. The molecule has 7 heteroatoms. The molecule has 1 amide bonds. The summed E-state index contributed by atoms with van der Waals surface area (Å²) in [5.74, 6) is 1.31. The first-order valence-corrected chi connectivity index (χ1v) is 11.2. The molecule has 3 aromatic rings. The molecule has 0 saturated carbocycles. The van der Waals surface area contributed by atoms with Gasteiger partial charge >= 0.3 is 0 Å². The molecule has 0 unspecified atom stereocenters. The second-order valence-corrected chi connectivity index (χ2v) is 8.02. The highest BCUT2D eigenvalue weighted by Crippen LogP contribution is 2.33. The number of thiazole rings is 1. The summed E-state index contributed by atoms with van der Waals surface area (Å²) >= 11 is 1.51. The molecular weight excluding hydrogens is 410 g/mol. The van der Waals surface area contributed by atoms with Crippen LogP contribution in [0.2, 0.25) is 0 Å². The summed E-state index contributed by atoms with van der Waals surface area (Å²) in [4.78, 5) is 19.3. The van der Waals surface area contributed by atoms with Crippen molar-refractivity contribution in [1.82, 2.24) is 10.3 Å².